The molecule has 0 N–H and O–H groups in total. The number of amides is 1. The second-order valence-corrected chi connectivity index (χ2v) is 8.60. The van der Waals surface area contributed by atoms with E-state index in [2.05, 4.69) is 0 Å². The number of benzene rings is 2. The van der Waals surface area contributed by atoms with E-state index in [1.165, 1.54) is 17.9 Å². The van der Waals surface area contributed by atoms with Crippen LogP contribution in [0.4, 0.5) is 36.8 Å². The number of halogens is 6. The number of alkyl halides is 6. The van der Waals surface area contributed by atoms with Crippen molar-refractivity contribution in [3.8, 4) is 0 Å². The van der Waals surface area contributed by atoms with Crippen molar-refractivity contribution in [3.05, 3.63) is 64.7 Å². The molecule has 3 rings (SSSR count). The Kier molecular flexibility index (Phi) is 8.44. The van der Waals surface area contributed by atoms with Gasteiger partial charge in [0.2, 0.25) is 0 Å². The Morgan fingerprint density at radius 2 is 1.54 bits per heavy atom. The van der Waals surface area contributed by atoms with Crippen LogP contribution in [0.25, 0.3) is 0 Å². The highest BCUT2D eigenvalue weighted by Gasteiger charge is 2.44. The Bertz CT molecular complexity index is 1130. The van der Waals surface area contributed by atoms with Crippen LogP contribution in [0.3, 0.4) is 0 Å². The third-order valence-electron chi connectivity index (χ3n) is 6.36. The zero-order valence-corrected chi connectivity index (χ0v) is 20.4. The van der Waals surface area contributed by atoms with E-state index < -0.39 is 53.4 Å². The normalized spacial score (nSPS) is 18.7. The van der Waals surface area contributed by atoms with Gasteiger partial charge in [0, 0.05) is 12.0 Å². The molecule has 202 valence electrons. The first-order valence-electron chi connectivity index (χ1n) is 11.8. The highest BCUT2D eigenvalue weighted by atomic mass is 19.4. The van der Waals surface area contributed by atoms with E-state index in [0.29, 0.717) is 6.42 Å². The number of nitrogens with zero attached hydrogens (tertiary/aromatic N) is 1. The minimum atomic E-state index is -4.73. The first-order valence-corrected chi connectivity index (χ1v) is 11.8. The lowest BCUT2D eigenvalue weighted by Crippen LogP contribution is -2.46. The van der Waals surface area contributed by atoms with Gasteiger partial charge in [0.25, 0.3) is 0 Å². The smallest absolute Gasteiger partial charge is 0.416 e. The number of rotatable bonds is 6. The molecule has 0 aromatic heterocycles. The van der Waals surface area contributed by atoms with Crippen LogP contribution < -0.4 is 4.90 Å². The van der Waals surface area contributed by atoms with E-state index in [-0.39, 0.29) is 36.4 Å². The Hall–Kier alpha value is -3.24. The minimum Gasteiger partial charge on any atom is -0.466 e. The van der Waals surface area contributed by atoms with Crippen molar-refractivity contribution in [1.29, 1.82) is 0 Å². The predicted molar refractivity (Wildman–Crippen MR) is 123 cm³/mol. The third kappa shape index (κ3) is 6.02. The summed E-state index contributed by atoms with van der Waals surface area (Å²) in [5.41, 5.74) is -1.94. The van der Waals surface area contributed by atoms with Crippen LogP contribution in [0.15, 0.2) is 42.5 Å². The van der Waals surface area contributed by atoms with Gasteiger partial charge in [0.05, 0.1) is 35.9 Å². The molecule has 0 radical (unpaired) electrons. The lowest BCUT2D eigenvalue weighted by Gasteiger charge is -2.42. The average molecular weight is 531 g/mol. The van der Waals surface area contributed by atoms with Gasteiger partial charge in [0.15, 0.2) is 0 Å². The molecule has 11 heteroatoms. The van der Waals surface area contributed by atoms with Crippen LogP contribution in [0, 0.1) is 0 Å². The average Bonchev–Trinajstić information content (AvgIpc) is 2.83. The quantitative estimate of drug-likeness (QED) is 0.290. The fraction of sp³-hybridized carbons (Fsp3) is 0.462. The summed E-state index contributed by atoms with van der Waals surface area (Å²) in [5.74, 6) is -3.21. The Morgan fingerprint density at radius 1 is 0.919 bits per heavy atom. The summed E-state index contributed by atoms with van der Waals surface area (Å²) in [6.07, 6.45) is -9.83. The molecule has 0 aliphatic carbocycles. The standard InChI is InChI=1S/C26H27F6NO4/c1-4-18-14-20(22(23(34)36-5-2)15-8-7-9-16(12-15)25(27,28)29)19-13-17(26(30,31)32)10-11-21(19)33(18)24(35)37-6-3/h7-13,18,20,22H,4-6,14H2,1-3H3. The predicted octanol–water partition coefficient (Wildman–Crippen LogP) is 7.30. The van der Waals surface area contributed by atoms with Crippen molar-refractivity contribution in [2.24, 2.45) is 0 Å². The van der Waals surface area contributed by atoms with E-state index in [1.54, 1.807) is 13.8 Å². The number of esters is 1. The molecule has 1 heterocycles. The maximum absolute atomic E-state index is 13.7. The zero-order valence-electron chi connectivity index (χ0n) is 20.4. The molecule has 37 heavy (non-hydrogen) atoms. The highest BCUT2D eigenvalue weighted by molar-refractivity contribution is 5.91. The maximum Gasteiger partial charge on any atom is 0.416 e. The molecule has 3 unspecified atom stereocenters. The fourth-order valence-corrected chi connectivity index (χ4v) is 4.75. The SMILES string of the molecule is CCOC(=O)C(c1cccc(C(F)(F)F)c1)C1CC(CC)N(C(=O)OCC)c2ccc(C(F)(F)F)cc21. The molecule has 0 bridgehead atoms. The van der Waals surface area contributed by atoms with E-state index in [4.69, 9.17) is 9.47 Å². The van der Waals surface area contributed by atoms with Gasteiger partial charge in [-0.15, -0.1) is 0 Å². The third-order valence-corrected chi connectivity index (χ3v) is 6.36. The zero-order chi connectivity index (χ0) is 27.5. The molecule has 2 aromatic carbocycles. The molecule has 2 aromatic rings. The topological polar surface area (TPSA) is 55.8 Å². The number of fused-ring (bicyclic) bond motifs is 1. The minimum absolute atomic E-state index is 0.00282. The van der Waals surface area contributed by atoms with E-state index in [9.17, 15) is 35.9 Å². The number of hydrogen-bond acceptors (Lipinski definition) is 4. The number of carbonyl (C=O) groups excluding carboxylic acids is 2. The molecule has 1 aliphatic heterocycles. The second-order valence-electron chi connectivity index (χ2n) is 8.60. The number of carbonyl (C=O) groups is 2. The highest BCUT2D eigenvalue weighted by Crippen LogP contribution is 2.49. The van der Waals surface area contributed by atoms with Crippen molar-refractivity contribution >= 4 is 17.7 Å². The molecule has 0 saturated carbocycles. The summed E-state index contributed by atoms with van der Waals surface area (Å²) in [4.78, 5) is 27.2. The maximum atomic E-state index is 13.7. The molecule has 5 nitrogen and oxygen atoms in total. The van der Waals surface area contributed by atoms with Crippen LogP contribution in [-0.4, -0.2) is 31.3 Å². The largest absolute Gasteiger partial charge is 0.466 e. The summed E-state index contributed by atoms with van der Waals surface area (Å²) < 4.78 is 91.8. The van der Waals surface area contributed by atoms with E-state index >= 15 is 0 Å². The van der Waals surface area contributed by atoms with Crippen LogP contribution >= 0.6 is 0 Å². The van der Waals surface area contributed by atoms with Crippen LogP contribution in [0.1, 0.15) is 67.7 Å². The number of hydrogen-bond donors (Lipinski definition) is 0. The molecule has 0 fully saturated rings. The van der Waals surface area contributed by atoms with Crippen molar-refractivity contribution < 1.29 is 45.4 Å². The van der Waals surface area contributed by atoms with Gasteiger partial charge in [-0.3, -0.25) is 9.69 Å². The summed E-state index contributed by atoms with van der Waals surface area (Å²) >= 11 is 0. The lowest BCUT2D eigenvalue weighted by molar-refractivity contribution is -0.146. The van der Waals surface area contributed by atoms with Crippen LogP contribution in [-0.2, 0) is 26.6 Å². The molecular formula is C26H27F6NO4. The molecule has 0 saturated heterocycles. The molecule has 0 spiro atoms. The van der Waals surface area contributed by atoms with Crippen molar-refractivity contribution in [3.63, 3.8) is 0 Å². The van der Waals surface area contributed by atoms with Crippen LogP contribution in [0.2, 0.25) is 0 Å². The number of anilines is 1. The van der Waals surface area contributed by atoms with Gasteiger partial charge in [-0.1, -0.05) is 25.1 Å². The van der Waals surface area contributed by atoms with E-state index in [0.717, 1.165) is 36.4 Å². The monoisotopic (exact) mass is 531 g/mol. The van der Waals surface area contributed by atoms with Crippen molar-refractivity contribution in [2.45, 2.75) is 63.8 Å². The summed E-state index contributed by atoms with van der Waals surface area (Å²) in [5, 5.41) is 0. The second kappa shape index (κ2) is 11.0. The molecule has 3 atom stereocenters. The molecular weight excluding hydrogens is 504 g/mol. The van der Waals surface area contributed by atoms with Gasteiger partial charge in [-0.25, -0.2) is 4.79 Å². The van der Waals surface area contributed by atoms with E-state index in [1.807, 2.05) is 0 Å². The van der Waals surface area contributed by atoms with Gasteiger partial charge in [-0.05, 0) is 62.1 Å². The number of ether oxygens (including phenoxy) is 2. The first-order chi connectivity index (χ1) is 17.3. The van der Waals surface area contributed by atoms with Gasteiger partial charge < -0.3 is 9.47 Å². The van der Waals surface area contributed by atoms with Crippen molar-refractivity contribution in [2.75, 3.05) is 18.1 Å². The Labute approximate surface area is 210 Å². The van der Waals surface area contributed by atoms with Crippen molar-refractivity contribution in [1.82, 2.24) is 0 Å². The van der Waals surface area contributed by atoms with Gasteiger partial charge in [0.1, 0.15) is 0 Å². The summed E-state index contributed by atoms with van der Waals surface area (Å²) in [6, 6.07) is 6.34. The molecule has 1 amide bonds. The summed E-state index contributed by atoms with van der Waals surface area (Å²) in [6.45, 7) is 4.81. The Balaban J connectivity index is 2.27. The molecule has 1 aliphatic rings. The first kappa shape index (κ1) is 28.3. The Morgan fingerprint density at radius 3 is 2.11 bits per heavy atom. The fourth-order valence-electron chi connectivity index (χ4n) is 4.75. The summed E-state index contributed by atoms with van der Waals surface area (Å²) in [7, 11) is 0. The lowest BCUT2D eigenvalue weighted by atomic mass is 9.73. The van der Waals surface area contributed by atoms with Gasteiger partial charge in [-0.2, -0.15) is 26.3 Å². The van der Waals surface area contributed by atoms with Gasteiger partial charge >= 0.3 is 24.4 Å². The van der Waals surface area contributed by atoms with Crippen LogP contribution in [0.5, 0.6) is 0 Å².